The summed E-state index contributed by atoms with van der Waals surface area (Å²) < 4.78 is 32.6. The number of halogens is 2. The topological polar surface area (TPSA) is 83.1 Å². The number of hydrogen-bond acceptors (Lipinski definition) is 5. The van der Waals surface area contributed by atoms with E-state index in [0.29, 0.717) is 23.7 Å². The Morgan fingerprint density at radius 1 is 1.48 bits per heavy atom. The first kappa shape index (κ1) is 17.4. The van der Waals surface area contributed by atoms with Gasteiger partial charge < -0.3 is 19.9 Å². The lowest BCUT2D eigenvalue weighted by Crippen LogP contribution is -2.54. The first-order chi connectivity index (χ1) is 11.7. The summed E-state index contributed by atoms with van der Waals surface area (Å²) in [6.45, 7) is 5.88. The number of aromatic nitrogens is 3. The number of carbonyl (C=O) groups excluding carboxylic acids is 1. The highest BCUT2D eigenvalue weighted by Crippen LogP contribution is 2.22. The van der Waals surface area contributed by atoms with Crippen molar-refractivity contribution < 1.29 is 18.3 Å². The van der Waals surface area contributed by atoms with E-state index < -0.39 is 29.7 Å². The third kappa shape index (κ3) is 4.15. The van der Waals surface area contributed by atoms with Crippen LogP contribution in [0.15, 0.2) is 12.3 Å². The monoisotopic (exact) mass is 353 g/mol. The van der Waals surface area contributed by atoms with Crippen LogP contribution in [-0.2, 0) is 4.74 Å². The van der Waals surface area contributed by atoms with E-state index in [1.807, 2.05) is 0 Å². The van der Waals surface area contributed by atoms with Crippen LogP contribution in [-0.4, -0.2) is 51.9 Å². The van der Waals surface area contributed by atoms with Gasteiger partial charge in [0.15, 0.2) is 5.65 Å². The summed E-state index contributed by atoms with van der Waals surface area (Å²) in [6, 6.07) is 0.582. The molecule has 3 rings (SSSR count). The fourth-order valence-electron chi connectivity index (χ4n) is 2.72. The van der Waals surface area contributed by atoms with Crippen LogP contribution in [0.4, 0.5) is 19.5 Å². The fourth-order valence-corrected chi connectivity index (χ4v) is 2.72. The van der Waals surface area contributed by atoms with Gasteiger partial charge >= 0.3 is 6.09 Å². The molecule has 1 saturated heterocycles. The minimum Gasteiger partial charge on any atom is -0.444 e. The lowest BCUT2D eigenvalue weighted by atomic mass is 10.0. The number of ether oxygens (including phenoxy) is 1. The molecule has 9 heteroatoms. The lowest BCUT2D eigenvalue weighted by Gasteiger charge is -2.35. The number of piperidine rings is 1. The largest absolute Gasteiger partial charge is 0.444 e. The third-order valence-corrected chi connectivity index (χ3v) is 3.82. The number of pyridine rings is 1. The van der Waals surface area contributed by atoms with Crippen molar-refractivity contribution in [3.05, 3.63) is 18.1 Å². The van der Waals surface area contributed by atoms with Crippen LogP contribution in [0.5, 0.6) is 0 Å². The molecule has 1 aliphatic heterocycles. The van der Waals surface area contributed by atoms with Gasteiger partial charge in [-0.2, -0.15) is 4.98 Å². The summed E-state index contributed by atoms with van der Waals surface area (Å²) in [4.78, 5) is 24.9. The standard InChI is InChI=1S/C16H21F2N5O2/c1-16(2,3)25-15(24)21-12-8-23(5-4-10(12)18)14-20-11-6-9(17)7-19-13(11)22-14/h6-7,10,12H,4-5,8H2,1-3H3,(H,21,24)(H,19,20,22)/t10-,12-/m1/s1. The van der Waals surface area contributed by atoms with Crippen molar-refractivity contribution in [2.24, 2.45) is 0 Å². The van der Waals surface area contributed by atoms with Crippen LogP contribution in [0.25, 0.3) is 11.2 Å². The lowest BCUT2D eigenvalue weighted by molar-refractivity contribution is 0.0465. The molecule has 0 spiro atoms. The second kappa shape index (κ2) is 6.45. The molecular weight excluding hydrogens is 332 g/mol. The Labute approximate surface area is 143 Å². The van der Waals surface area contributed by atoms with Gasteiger partial charge in [0, 0.05) is 19.2 Å². The van der Waals surface area contributed by atoms with Crippen LogP contribution >= 0.6 is 0 Å². The number of alkyl carbamates (subject to hydrolysis) is 1. The molecule has 1 fully saturated rings. The first-order valence-corrected chi connectivity index (χ1v) is 8.11. The predicted molar refractivity (Wildman–Crippen MR) is 88.7 cm³/mol. The Kier molecular flexibility index (Phi) is 4.49. The number of hydrogen-bond donors (Lipinski definition) is 2. The number of rotatable bonds is 2. The number of nitrogens with zero attached hydrogens (tertiary/aromatic N) is 3. The molecule has 7 nitrogen and oxygen atoms in total. The highest BCUT2D eigenvalue weighted by atomic mass is 19.1. The van der Waals surface area contributed by atoms with E-state index in [-0.39, 0.29) is 13.0 Å². The number of H-pyrrole nitrogens is 1. The van der Waals surface area contributed by atoms with Crippen molar-refractivity contribution >= 4 is 23.2 Å². The average Bonchev–Trinajstić information content (AvgIpc) is 2.90. The second-order valence-electron chi connectivity index (χ2n) is 7.09. The van der Waals surface area contributed by atoms with Gasteiger partial charge in [0.2, 0.25) is 5.95 Å². The molecule has 1 amide bonds. The molecule has 0 bridgehead atoms. The van der Waals surface area contributed by atoms with Gasteiger partial charge in [-0.05, 0) is 27.2 Å². The van der Waals surface area contributed by atoms with E-state index >= 15 is 0 Å². The zero-order valence-electron chi connectivity index (χ0n) is 14.3. The summed E-state index contributed by atoms with van der Waals surface area (Å²) in [5, 5.41) is 2.57. The highest BCUT2D eigenvalue weighted by Gasteiger charge is 2.33. The molecule has 0 radical (unpaired) electrons. The normalized spacial score (nSPS) is 21.4. The van der Waals surface area contributed by atoms with Gasteiger partial charge in [0.25, 0.3) is 0 Å². The summed E-state index contributed by atoms with van der Waals surface area (Å²) in [5.74, 6) is 0.00521. The number of amides is 1. The summed E-state index contributed by atoms with van der Waals surface area (Å²) >= 11 is 0. The van der Waals surface area contributed by atoms with Crippen LogP contribution in [0.3, 0.4) is 0 Å². The average molecular weight is 353 g/mol. The van der Waals surface area contributed by atoms with Crippen molar-refractivity contribution in [3.63, 3.8) is 0 Å². The molecule has 0 aromatic carbocycles. The van der Waals surface area contributed by atoms with Crippen LogP contribution < -0.4 is 10.2 Å². The second-order valence-corrected chi connectivity index (χ2v) is 7.09. The van der Waals surface area contributed by atoms with Crippen LogP contribution in [0.2, 0.25) is 0 Å². The molecule has 1 aliphatic rings. The third-order valence-electron chi connectivity index (χ3n) is 3.82. The smallest absolute Gasteiger partial charge is 0.408 e. The van der Waals surface area contributed by atoms with Crippen molar-refractivity contribution in [2.75, 3.05) is 18.0 Å². The first-order valence-electron chi connectivity index (χ1n) is 8.11. The van der Waals surface area contributed by atoms with E-state index in [9.17, 15) is 13.6 Å². The number of carbonyl (C=O) groups is 1. The maximum Gasteiger partial charge on any atom is 0.408 e. The fraction of sp³-hybridized carbons (Fsp3) is 0.562. The zero-order valence-corrected chi connectivity index (χ0v) is 14.3. The van der Waals surface area contributed by atoms with E-state index in [1.54, 1.807) is 25.7 Å². The van der Waals surface area contributed by atoms with Crippen LogP contribution in [0, 0.1) is 5.82 Å². The van der Waals surface area contributed by atoms with Crippen LogP contribution in [0.1, 0.15) is 27.2 Å². The maximum atomic E-state index is 14.2. The van der Waals surface area contributed by atoms with Crippen molar-refractivity contribution in [3.8, 4) is 0 Å². The summed E-state index contributed by atoms with van der Waals surface area (Å²) in [6.07, 6.45) is -0.508. The zero-order chi connectivity index (χ0) is 18.2. The Morgan fingerprint density at radius 2 is 2.24 bits per heavy atom. The molecule has 2 aromatic heterocycles. The van der Waals surface area contributed by atoms with Crippen molar-refractivity contribution in [2.45, 2.75) is 45.0 Å². The van der Waals surface area contributed by atoms with Gasteiger partial charge in [-0.3, -0.25) is 0 Å². The Balaban J connectivity index is 1.71. The molecule has 3 heterocycles. The maximum absolute atomic E-state index is 14.2. The minimum atomic E-state index is -1.18. The molecule has 136 valence electrons. The van der Waals surface area contributed by atoms with E-state index in [0.717, 1.165) is 6.20 Å². The van der Waals surface area contributed by atoms with Crippen molar-refractivity contribution in [1.82, 2.24) is 20.3 Å². The van der Waals surface area contributed by atoms with E-state index in [2.05, 4.69) is 20.3 Å². The van der Waals surface area contributed by atoms with E-state index in [4.69, 9.17) is 4.74 Å². The number of fused-ring (bicyclic) bond motifs is 1. The quantitative estimate of drug-likeness (QED) is 0.867. The number of imidazole rings is 1. The number of nitrogens with one attached hydrogen (secondary N) is 2. The van der Waals surface area contributed by atoms with E-state index in [1.165, 1.54) is 6.07 Å². The summed E-state index contributed by atoms with van der Waals surface area (Å²) in [5.41, 5.74) is 0.197. The van der Waals surface area contributed by atoms with Gasteiger partial charge in [-0.1, -0.05) is 0 Å². The predicted octanol–water partition coefficient (Wildman–Crippen LogP) is 2.54. The number of anilines is 1. The highest BCUT2D eigenvalue weighted by molar-refractivity contribution is 5.73. The number of alkyl halides is 1. The van der Waals surface area contributed by atoms with Gasteiger partial charge in [-0.25, -0.2) is 18.6 Å². The molecule has 0 unspecified atom stereocenters. The van der Waals surface area contributed by atoms with Gasteiger partial charge in [0.1, 0.15) is 17.6 Å². The van der Waals surface area contributed by atoms with Gasteiger partial charge in [0.05, 0.1) is 17.8 Å². The molecule has 2 atom stereocenters. The van der Waals surface area contributed by atoms with Gasteiger partial charge in [-0.15, -0.1) is 0 Å². The molecule has 0 saturated carbocycles. The summed E-state index contributed by atoms with van der Waals surface area (Å²) in [7, 11) is 0. The molecular formula is C16H21F2N5O2. The number of aromatic amines is 1. The Morgan fingerprint density at radius 3 is 2.96 bits per heavy atom. The molecule has 2 aromatic rings. The Bertz CT molecular complexity index is 773. The minimum absolute atomic E-state index is 0.225. The molecule has 0 aliphatic carbocycles. The molecule has 25 heavy (non-hydrogen) atoms. The Hall–Kier alpha value is -2.45. The molecule has 2 N–H and O–H groups in total. The van der Waals surface area contributed by atoms with Crippen molar-refractivity contribution in [1.29, 1.82) is 0 Å². The SMILES string of the molecule is CC(C)(C)OC(=O)N[C@@H]1CN(c2nc3ncc(F)cc3[nH]2)CC[C@H]1F.